The normalized spacial score (nSPS) is 17.6. The first-order valence-corrected chi connectivity index (χ1v) is 9.06. The fraction of sp³-hybridized carbons (Fsp3) is 0.421. The monoisotopic (exact) mass is 374 g/mol. The van der Waals surface area contributed by atoms with Gasteiger partial charge in [-0.2, -0.15) is 4.98 Å². The van der Waals surface area contributed by atoms with Crippen LogP contribution >= 0.6 is 0 Å². The quantitative estimate of drug-likeness (QED) is 0.744. The van der Waals surface area contributed by atoms with Gasteiger partial charge < -0.3 is 15.5 Å². The summed E-state index contributed by atoms with van der Waals surface area (Å²) < 4.78 is 13.0. The van der Waals surface area contributed by atoms with E-state index in [1.54, 1.807) is 12.1 Å². The molecule has 144 valence electrons. The number of hydrogen-bond donors (Lipinski definition) is 3. The second-order valence-electron chi connectivity index (χ2n) is 6.55. The van der Waals surface area contributed by atoms with Gasteiger partial charge in [-0.3, -0.25) is 9.69 Å². The Morgan fingerprint density at radius 1 is 1.26 bits per heavy atom. The molecule has 1 saturated heterocycles. The molecule has 1 fully saturated rings. The number of nitrogens with zero attached hydrogens (tertiary/aromatic N) is 3. The molecule has 1 aliphatic rings. The zero-order valence-corrected chi connectivity index (χ0v) is 15.2. The molecule has 1 aliphatic heterocycles. The summed E-state index contributed by atoms with van der Waals surface area (Å²) in [7, 11) is 0. The van der Waals surface area contributed by atoms with Crippen molar-refractivity contribution in [3.8, 4) is 11.6 Å². The zero-order valence-electron chi connectivity index (χ0n) is 15.2. The summed E-state index contributed by atoms with van der Waals surface area (Å²) in [5, 5.41) is 22.7. The van der Waals surface area contributed by atoms with E-state index in [1.807, 2.05) is 6.92 Å². The van der Waals surface area contributed by atoms with Crippen LogP contribution in [0.1, 0.15) is 54.1 Å². The molecule has 0 saturated carbocycles. The molecule has 1 unspecified atom stereocenters. The molecule has 1 atom stereocenters. The van der Waals surface area contributed by atoms with Crippen molar-refractivity contribution in [3.63, 3.8) is 0 Å². The molecular weight excluding hydrogens is 351 g/mol. The van der Waals surface area contributed by atoms with E-state index in [-0.39, 0.29) is 24.1 Å². The van der Waals surface area contributed by atoms with Crippen molar-refractivity contribution in [2.75, 3.05) is 13.1 Å². The summed E-state index contributed by atoms with van der Waals surface area (Å²) in [6, 6.07) is 5.62. The predicted molar refractivity (Wildman–Crippen MR) is 96.8 cm³/mol. The highest BCUT2D eigenvalue weighted by molar-refractivity contribution is 5.95. The standard InChI is InChI=1S/C19H23FN4O3/c1-2-24-10-4-3-5-14(24)17-22-15(16(25)19(27)23-17)18(26)21-11-12-6-8-13(20)9-7-12/h6-9,14,25H,2-5,10-11H2,1H3,(H,21,26)(H,22,23,27). The van der Waals surface area contributed by atoms with Crippen molar-refractivity contribution in [1.29, 1.82) is 0 Å². The summed E-state index contributed by atoms with van der Waals surface area (Å²) in [6.07, 6.45) is 2.92. The maximum atomic E-state index is 13.0. The summed E-state index contributed by atoms with van der Waals surface area (Å²) in [6.45, 7) is 3.89. The number of aromatic nitrogens is 2. The fourth-order valence-electron chi connectivity index (χ4n) is 3.30. The summed E-state index contributed by atoms with van der Waals surface area (Å²) in [4.78, 5) is 22.9. The first-order valence-electron chi connectivity index (χ1n) is 9.06. The van der Waals surface area contributed by atoms with Crippen molar-refractivity contribution in [2.24, 2.45) is 0 Å². The number of rotatable bonds is 5. The molecule has 0 aliphatic carbocycles. The smallest absolute Gasteiger partial charge is 0.274 e. The van der Waals surface area contributed by atoms with E-state index in [4.69, 9.17) is 0 Å². The Morgan fingerprint density at radius 2 is 2.00 bits per heavy atom. The highest BCUT2D eigenvalue weighted by Gasteiger charge is 2.28. The van der Waals surface area contributed by atoms with Gasteiger partial charge >= 0.3 is 0 Å². The van der Waals surface area contributed by atoms with E-state index in [2.05, 4.69) is 20.2 Å². The molecular formula is C19H23FN4O3. The molecule has 0 radical (unpaired) electrons. The van der Waals surface area contributed by atoms with Crippen LogP contribution < -0.4 is 5.32 Å². The first-order chi connectivity index (χ1) is 13.0. The average molecular weight is 374 g/mol. The number of amides is 1. The fourth-order valence-corrected chi connectivity index (χ4v) is 3.30. The number of carbonyl (C=O) groups is 1. The molecule has 3 rings (SSSR count). The van der Waals surface area contributed by atoms with Gasteiger partial charge in [-0.05, 0) is 43.6 Å². The predicted octanol–water partition coefficient (Wildman–Crippen LogP) is 2.50. The number of halogens is 1. The number of piperidine rings is 1. The van der Waals surface area contributed by atoms with Gasteiger partial charge in [0.1, 0.15) is 5.82 Å². The van der Waals surface area contributed by atoms with Gasteiger partial charge in [0.25, 0.3) is 11.8 Å². The molecule has 7 nitrogen and oxygen atoms in total. The van der Waals surface area contributed by atoms with Gasteiger partial charge in [-0.15, -0.1) is 0 Å². The van der Waals surface area contributed by atoms with Crippen LogP contribution in [0, 0.1) is 5.82 Å². The Balaban J connectivity index is 1.80. The molecule has 3 N–H and O–H groups in total. The maximum absolute atomic E-state index is 13.0. The molecule has 1 amide bonds. The molecule has 2 heterocycles. The van der Waals surface area contributed by atoms with E-state index in [9.17, 15) is 19.4 Å². The van der Waals surface area contributed by atoms with E-state index in [1.165, 1.54) is 12.1 Å². The van der Waals surface area contributed by atoms with Gasteiger partial charge in [0.15, 0.2) is 11.5 Å². The largest absolute Gasteiger partial charge is 0.501 e. The van der Waals surface area contributed by atoms with Gasteiger partial charge in [-0.25, -0.2) is 9.37 Å². The van der Waals surface area contributed by atoms with E-state index in [0.717, 1.165) is 32.4 Å². The van der Waals surface area contributed by atoms with Gasteiger partial charge in [0.2, 0.25) is 5.75 Å². The molecule has 8 heteroatoms. The number of carbonyl (C=O) groups excluding carboxylic acids is 1. The van der Waals surface area contributed by atoms with Crippen LogP contribution in [0.25, 0.3) is 0 Å². The lowest BCUT2D eigenvalue weighted by atomic mass is 10.0. The Labute approximate surface area is 156 Å². The minimum Gasteiger partial charge on any atom is -0.501 e. The Hall–Kier alpha value is -2.74. The van der Waals surface area contributed by atoms with Crippen LogP contribution in [0.4, 0.5) is 4.39 Å². The topological polar surface area (TPSA) is 98.6 Å². The molecule has 1 aromatic heterocycles. The lowest BCUT2D eigenvalue weighted by molar-refractivity contribution is 0.0939. The van der Waals surface area contributed by atoms with Crippen LogP contribution in [0.2, 0.25) is 0 Å². The Bertz CT molecular complexity index is 813. The second-order valence-corrected chi connectivity index (χ2v) is 6.55. The zero-order chi connectivity index (χ0) is 19.4. The Kier molecular flexibility index (Phi) is 5.85. The highest BCUT2D eigenvalue weighted by atomic mass is 19.1. The maximum Gasteiger partial charge on any atom is 0.274 e. The number of benzene rings is 1. The SMILES string of the molecule is CCN1CCCCC1c1nc(O)c(O)c(C(=O)NCc2ccc(F)cc2)n1. The summed E-state index contributed by atoms with van der Waals surface area (Å²) in [5.74, 6) is -1.91. The molecule has 0 bridgehead atoms. The minimum absolute atomic E-state index is 0.0982. The van der Waals surface area contributed by atoms with Crippen LogP contribution in [-0.4, -0.2) is 44.1 Å². The molecule has 2 aromatic rings. The van der Waals surface area contributed by atoms with E-state index in [0.29, 0.717) is 11.4 Å². The second kappa shape index (κ2) is 8.30. The number of aromatic hydroxyl groups is 2. The lowest BCUT2D eigenvalue weighted by Gasteiger charge is -2.33. The summed E-state index contributed by atoms with van der Waals surface area (Å²) in [5.41, 5.74) is 0.438. The van der Waals surface area contributed by atoms with Crippen LogP contribution in [0.5, 0.6) is 11.6 Å². The number of likely N-dealkylation sites (tertiary alicyclic amines) is 1. The highest BCUT2D eigenvalue weighted by Crippen LogP contribution is 2.33. The average Bonchev–Trinajstić information content (AvgIpc) is 2.69. The van der Waals surface area contributed by atoms with Gasteiger partial charge in [0, 0.05) is 6.54 Å². The molecule has 27 heavy (non-hydrogen) atoms. The van der Waals surface area contributed by atoms with E-state index < -0.39 is 17.5 Å². The van der Waals surface area contributed by atoms with Crippen molar-refractivity contribution >= 4 is 5.91 Å². The van der Waals surface area contributed by atoms with E-state index >= 15 is 0 Å². The van der Waals surface area contributed by atoms with Crippen molar-refractivity contribution in [1.82, 2.24) is 20.2 Å². The molecule has 0 spiro atoms. The number of nitrogens with one attached hydrogen (secondary N) is 1. The Morgan fingerprint density at radius 3 is 2.70 bits per heavy atom. The lowest BCUT2D eigenvalue weighted by Crippen LogP contribution is -2.34. The van der Waals surface area contributed by atoms with Crippen LogP contribution in [-0.2, 0) is 6.54 Å². The van der Waals surface area contributed by atoms with Crippen molar-refractivity contribution in [3.05, 3.63) is 47.2 Å². The third-order valence-electron chi connectivity index (χ3n) is 4.78. The molecule has 1 aromatic carbocycles. The van der Waals surface area contributed by atoms with Crippen LogP contribution in [0.15, 0.2) is 24.3 Å². The first kappa shape index (κ1) is 19.0. The number of hydrogen-bond acceptors (Lipinski definition) is 6. The third kappa shape index (κ3) is 4.33. The van der Waals surface area contributed by atoms with Crippen molar-refractivity contribution in [2.45, 2.75) is 38.8 Å². The van der Waals surface area contributed by atoms with Gasteiger partial charge in [0.05, 0.1) is 6.04 Å². The minimum atomic E-state index is -0.644. The summed E-state index contributed by atoms with van der Waals surface area (Å²) >= 11 is 0. The van der Waals surface area contributed by atoms with Crippen molar-refractivity contribution < 1.29 is 19.4 Å². The van der Waals surface area contributed by atoms with Gasteiger partial charge in [-0.1, -0.05) is 25.5 Å². The third-order valence-corrected chi connectivity index (χ3v) is 4.78. The van der Waals surface area contributed by atoms with Crippen LogP contribution in [0.3, 0.4) is 0 Å².